The molecule has 29 heavy (non-hydrogen) atoms. The van der Waals surface area contributed by atoms with E-state index in [0.717, 1.165) is 11.1 Å². The van der Waals surface area contributed by atoms with Gasteiger partial charge in [-0.15, -0.1) is 0 Å². The van der Waals surface area contributed by atoms with Gasteiger partial charge in [-0.25, -0.2) is 4.79 Å². The molecule has 0 atom stereocenters. The summed E-state index contributed by atoms with van der Waals surface area (Å²) in [5.74, 6) is -0.738. The molecule has 2 aromatic carbocycles. The van der Waals surface area contributed by atoms with Gasteiger partial charge in [-0.2, -0.15) is 0 Å². The van der Waals surface area contributed by atoms with Gasteiger partial charge in [-0.05, 0) is 42.0 Å². The highest BCUT2D eigenvalue weighted by atomic mass is 16.6. The maximum atomic E-state index is 12.9. The molecular weight excluding hydrogens is 366 g/mol. The molecule has 5 heteroatoms. The predicted molar refractivity (Wildman–Crippen MR) is 113 cm³/mol. The minimum absolute atomic E-state index is 0.0141. The molecule has 0 bridgehead atoms. The summed E-state index contributed by atoms with van der Waals surface area (Å²) in [6.45, 7) is 8.04. The number of carboxylic acid groups (broad SMARTS) is 1. The average Bonchev–Trinajstić information content (AvgIpc) is 2.99. The van der Waals surface area contributed by atoms with Gasteiger partial charge in [0.1, 0.15) is 6.61 Å². The molecule has 0 fully saturated rings. The fourth-order valence-electron chi connectivity index (χ4n) is 3.87. The molecule has 0 unspecified atom stereocenters. The molecule has 0 spiro atoms. The number of carboxylic acids is 1. The first-order chi connectivity index (χ1) is 13.7. The van der Waals surface area contributed by atoms with Crippen LogP contribution in [0.2, 0.25) is 0 Å². The van der Waals surface area contributed by atoms with E-state index in [-0.39, 0.29) is 25.0 Å². The lowest BCUT2D eigenvalue weighted by Crippen LogP contribution is -2.44. The van der Waals surface area contributed by atoms with Gasteiger partial charge in [-0.1, -0.05) is 62.4 Å². The molecule has 5 nitrogen and oxygen atoms in total. The number of carbonyl (C=O) groups is 2. The normalized spacial score (nSPS) is 13.1. The minimum Gasteiger partial charge on any atom is -0.481 e. The summed E-state index contributed by atoms with van der Waals surface area (Å²) in [4.78, 5) is 25.9. The maximum absolute atomic E-state index is 12.9. The number of hydrogen-bond acceptors (Lipinski definition) is 3. The number of amides is 1. The van der Waals surface area contributed by atoms with Crippen molar-refractivity contribution in [2.45, 2.75) is 33.6 Å². The Morgan fingerprint density at radius 2 is 1.55 bits per heavy atom. The number of carbonyl (C=O) groups excluding carboxylic acids is 1. The molecule has 2 aromatic rings. The maximum Gasteiger partial charge on any atom is 0.409 e. The fourth-order valence-corrected chi connectivity index (χ4v) is 3.87. The highest BCUT2D eigenvalue weighted by Crippen LogP contribution is 2.44. The smallest absolute Gasteiger partial charge is 0.409 e. The van der Waals surface area contributed by atoms with Crippen molar-refractivity contribution >= 4 is 12.1 Å². The Labute approximate surface area is 172 Å². The van der Waals surface area contributed by atoms with E-state index < -0.39 is 17.5 Å². The Balaban J connectivity index is 1.77. The Hall–Kier alpha value is -2.82. The molecule has 0 saturated heterocycles. The van der Waals surface area contributed by atoms with Crippen LogP contribution in [0.25, 0.3) is 11.1 Å². The van der Waals surface area contributed by atoms with E-state index in [9.17, 15) is 14.7 Å². The van der Waals surface area contributed by atoms with Crippen molar-refractivity contribution < 1.29 is 19.4 Å². The first kappa shape index (κ1) is 20.9. The Morgan fingerprint density at radius 1 is 1.03 bits per heavy atom. The van der Waals surface area contributed by atoms with Gasteiger partial charge in [0.2, 0.25) is 0 Å². The largest absolute Gasteiger partial charge is 0.481 e. The Kier molecular flexibility index (Phi) is 5.96. The zero-order valence-corrected chi connectivity index (χ0v) is 17.5. The lowest BCUT2D eigenvalue weighted by molar-refractivity contribution is -0.147. The van der Waals surface area contributed by atoms with E-state index >= 15 is 0 Å². The molecule has 1 aliphatic rings. The van der Waals surface area contributed by atoms with E-state index in [1.807, 2.05) is 38.1 Å². The molecule has 0 heterocycles. The minimum atomic E-state index is -1.04. The first-order valence-corrected chi connectivity index (χ1v) is 10.0. The summed E-state index contributed by atoms with van der Waals surface area (Å²) >= 11 is 0. The van der Waals surface area contributed by atoms with E-state index in [1.54, 1.807) is 13.8 Å². The number of fused-ring (bicyclic) bond motifs is 3. The van der Waals surface area contributed by atoms with Crippen molar-refractivity contribution in [3.8, 4) is 11.1 Å². The van der Waals surface area contributed by atoms with Crippen LogP contribution in [-0.4, -0.2) is 41.8 Å². The number of benzene rings is 2. The van der Waals surface area contributed by atoms with Crippen molar-refractivity contribution in [1.82, 2.24) is 4.90 Å². The second-order valence-electron chi connectivity index (χ2n) is 8.77. The van der Waals surface area contributed by atoms with Gasteiger partial charge in [-0.3, -0.25) is 4.79 Å². The summed E-state index contributed by atoms with van der Waals surface area (Å²) in [6.07, 6.45) is -0.463. The van der Waals surface area contributed by atoms with Crippen molar-refractivity contribution in [3.05, 3.63) is 59.7 Å². The third-order valence-electron chi connectivity index (χ3n) is 5.34. The molecule has 0 aliphatic heterocycles. The van der Waals surface area contributed by atoms with Crippen LogP contribution in [-0.2, 0) is 9.53 Å². The van der Waals surface area contributed by atoms with Crippen LogP contribution in [0.5, 0.6) is 0 Å². The monoisotopic (exact) mass is 395 g/mol. The standard InChI is InChI=1S/C24H29NO4/c1-16(2)13-25(15-24(3,4)22(26)27)23(28)29-14-21-19-11-7-5-9-17(19)18-10-6-8-12-20(18)21/h5-12,16,21H,13-15H2,1-4H3,(H,26,27). The van der Waals surface area contributed by atoms with Gasteiger partial charge in [0.15, 0.2) is 0 Å². The Bertz CT molecular complexity index is 858. The van der Waals surface area contributed by atoms with E-state index in [0.29, 0.717) is 6.54 Å². The third-order valence-corrected chi connectivity index (χ3v) is 5.34. The summed E-state index contributed by atoms with van der Waals surface area (Å²) < 4.78 is 5.72. The number of nitrogens with zero attached hydrogens (tertiary/aromatic N) is 1. The quantitative estimate of drug-likeness (QED) is 0.716. The number of ether oxygens (including phenoxy) is 1. The van der Waals surface area contributed by atoms with Crippen molar-refractivity contribution in [1.29, 1.82) is 0 Å². The van der Waals surface area contributed by atoms with Crippen LogP contribution in [0.4, 0.5) is 4.79 Å². The van der Waals surface area contributed by atoms with E-state index in [1.165, 1.54) is 16.0 Å². The SMILES string of the molecule is CC(C)CN(CC(C)(C)C(=O)O)C(=O)OCC1c2ccccc2-c2ccccc21. The molecule has 154 valence electrons. The van der Waals surface area contributed by atoms with Crippen LogP contribution < -0.4 is 0 Å². The summed E-state index contributed by atoms with van der Waals surface area (Å²) in [5.41, 5.74) is 3.62. The number of rotatable bonds is 7. The highest BCUT2D eigenvalue weighted by molar-refractivity contribution is 5.79. The summed E-state index contributed by atoms with van der Waals surface area (Å²) in [7, 11) is 0. The molecule has 0 aromatic heterocycles. The second-order valence-corrected chi connectivity index (χ2v) is 8.77. The third kappa shape index (κ3) is 4.44. The van der Waals surface area contributed by atoms with Crippen LogP contribution >= 0.6 is 0 Å². The Morgan fingerprint density at radius 3 is 2.03 bits per heavy atom. The van der Waals surface area contributed by atoms with Crippen molar-refractivity contribution in [3.63, 3.8) is 0 Å². The van der Waals surface area contributed by atoms with Gasteiger partial charge in [0.05, 0.1) is 5.41 Å². The molecule has 1 aliphatic carbocycles. The average molecular weight is 395 g/mol. The highest BCUT2D eigenvalue weighted by Gasteiger charge is 2.34. The van der Waals surface area contributed by atoms with Crippen LogP contribution in [0.15, 0.2) is 48.5 Å². The van der Waals surface area contributed by atoms with Gasteiger partial charge < -0.3 is 14.7 Å². The van der Waals surface area contributed by atoms with Crippen molar-refractivity contribution in [2.75, 3.05) is 19.7 Å². The van der Waals surface area contributed by atoms with Gasteiger partial charge in [0, 0.05) is 19.0 Å². The van der Waals surface area contributed by atoms with Crippen LogP contribution in [0, 0.1) is 11.3 Å². The lowest BCUT2D eigenvalue weighted by atomic mass is 9.93. The number of aliphatic carboxylic acids is 1. The van der Waals surface area contributed by atoms with Crippen LogP contribution in [0.3, 0.4) is 0 Å². The predicted octanol–water partition coefficient (Wildman–Crippen LogP) is 5.00. The van der Waals surface area contributed by atoms with Gasteiger partial charge >= 0.3 is 12.1 Å². The zero-order chi connectivity index (χ0) is 21.2. The lowest BCUT2D eigenvalue weighted by Gasteiger charge is -2.30. The van der Waals surface area contributed by atoms with Crippen LogP contribution in [0.1, 0.15) is 44.7 Å². The molecule has 0 saturated carbocycles. The molecule has 1 amide bonds. The zero-order valence-electron chi connectivity index (χ0n) is 17.5. The van der Waals surface area contributed by atoms with Gasteiger partial charge in [0.25, 0.3) is 0 Å². The second kappa shape index (κ2) is 8.27. The fraction of sp³-hybridized carbons (Fsp3) is 0.417. The summed E-state index contributed by atoms with van der Waals surface area (Å²) in [5, 5.41) is 9.45. The molecule has 0 radical (unpaired) electrons. The van der Waals surface area contributed by atoms with Crippen molar-refractivity contribution in [2.24, 2.45) is 11.3 Å². The molecular formula is C24H29NO4. The molecule has 1 N–H and O–H groups in total. The van der Waals surface area contributed by atoms with E-state index in [2.05, 4.69) is 24.3 Å². The number of hydrogen-bond donors (Lipinski definition) is 1. The topological polar surface area (TPSA) is 66.8 Å². The van der Waals surface area contributed by atoms with E-state index in [4.69, 9.17) is 4.74 Å². The first-order valence-electron chi connectivity index (χ1n) is 10.0. The molecule has 3 rings (SSSR count). The summed E-state index contributed by atoms with van der Waals surface area (Å²) in [6, 6.07) is 16.4.